The molecule has 2 heterocycles. The number of anilines is 2. The maximum absolute atomic E-state index is 4.33. The Hall–Kier alpha value is -0.840. The number of halogens is 1. The van der Waals surface area contributed by atoms with E-state index in [1.54, 1.807) is 6.33 Å². The predicted molar refractivity (Wildman–Crippen MR) is 65.3 cm³/mol. The third-order valence-corrected chi connectivity index (χ3v) is 3.46. The number of rotatable bonds is 2. The summed E-state index contributed by atoms with van der Waals surface area (Å²) in [6.45, 7) is 4.44. The monoisotopic (exact) mass is 270 g/mol. The van der Waals surface area contributed by atoms with Crippen molar-refractivity contribution in [2.45, 2.75) is 13.3 Å². The van der Waals surface area contributed by atoms with Crippen molar-refractivity contribution in [2.75, 3.05) is 30.4 Å². The summed E-state index contributed by atoms with van der Waals surface area (Å²) in [6, 6.07) is 0. The lowest BCUT2D eigenvalue weighted by molar-refractivity contribution is 0.658. The summed E-state index contributed by atoms with van der Waals surface area (Å²) in [5.74, 6) is 2.60. The van der Waals surface area contributed by atoms with E-state index in [-0.39, 0.29) is 0 Å². The molecule has 1 unspecified atom stereocenters. The highest BCUT2D eigenvalue weighted by molar-refractivity contribution is 9.10. The highest BCUT2D eigenvalue weighted by atomic mass is 79.9. The molecule has 5 heteroatoms. The first-order chi connectivity index (χ1) is 7.22. The number of hydrogen-bond donors (Lipinski definition) is 1. The molecule has 4 nitrogen and oxygen atoms in total. The molecule has 0 aliphatic carbocycles. The van der Waals surface area contributed by atoms with Gasteiger partial charge in [0.2, 0.25) is 0 Å². The average Bonchev–Trinajstić information content (AvgIpc) is 2.65. The van der Waals surface area contributed by atoms with Crippen LogP contribution in [0.2, 0.25) is 0 Å². The van der Waals surface area contributed by atoms with Crippen molar-refractivity contribution in [1.29, 1.82) is 0 Å². The quantitative estimate of drug-likeness (QED) is 0.894. The second-order valence-corrected chi connectivity index (χ2v) is 4.74. The van der Waals surface area contributed by atoms with Gasteiger partial charge in [-0.1, -0.05) is 6.92 Å². The molecule has 1 aromatic heterocycles. The lowest BCUT2D eigenvalue weighted by Crippen LogP contribution is -2.21. The Morgan fingerprint density at radius 1 is 1.53 bits per heavy atom. The molecule has 15 heavy (non-hydrogen) atoms. The largest absolute Gasteiger partial charge is 0.372 e. The predicted octanol–water partition coefficient (Wildman–Crippen LogP) is 2.13. The molecule has 2 rings (SSSR count). The Labute approximate surface area is 98.2 Å². The van der Waals surface area contributed by atoms with E-state index in [1.807, 2.05) is 7.05 Å². The van der Waals surface area contributed by atoms with Crippen molar-refractivity contribution < 1.29 is 0 Å². The third kappa shape index (κ3) is 2.07. The van der Waals surface area contributed by atoms with Gasteiger partial charge < -0.3 is 10.2 Å². The zero-order valence-electron chi connectivity index (χ0n) is 9.00. The van der Waals surface area contributed by atoms with Crippen LogP contribution in [-0.4, -0.2) is 30.1 Å². The van der Waals surface area contributed by atoms with Crippen LogP contribution in [0.15, 0.2) is 10.8 Å². The molecule has 0 radical (unpaired) electrons. The van der Waals surface area contributed by atoms with Gasteiger partial charge in [-0.3, -0.25) is 0 Å². The van der Waals surface area contributed by atoms with Crippen LogP contribution in [0.25, 0.3) is 0 Å². The normalized spacial score (nSPS) is 20.7. The first-order valence-corrected chi connectivity index (χ1v) is 5.95. The molecule has 1 atom stereocenters. The Kier molecular flexibility index (Phi) is 3.09. The smallest absolute Gasteiger partial charge is 0.148 e. The maximum Gasteiger partial charge on any atom is 0.148 e. The minimum Gasteiger partial charge on any atom is -0.372 e. The molecule has 0 aromatic carbocycles. The van der Waals surface area contributed by atoms with Crippen molar-refractivity contribution in [1.82, 2.24) is 9.97 Å². The molecule has 82 valence electrons. The Morgan fingerprint density at radius 3 is 2.93 bits per heavy atom. The van der Waals surface area contributed by atoms with Gasteiger partial charge in [0.05, 0.1) is 0 Å². The lowest BCUT2D eigenvalue weighted by atomic mass is 10.2. The van der Waals surface area contributed by atoms with E-state index in [4.69, 9.17) is 0 Å². The summed E-state index contributed by atoms with van der Waals surface area (Å²) in [7, 11) is 1.86. The van der Waals surface area contributed by atoms with E-state index in [0.29, 0.717) is 0 Å². The van der Waals surface area contributed by atoms with Crippen molar-refractivity contribution in [3.05, 3.63) is 10.8 Å². The molecule has 0 bridgehead atoms. The molecular formula is C10H15BrN4. The molecule has 1 aliphatic heterocycles. The van der Waals surface area contributed by atoms with Gasteiger partial charge >= 0.3 is 0 Å². The molecule has 1 fully saturated rings. The Morgan fingerprint density at radius 2 is 2.33 bits per heavy atom. The molecule has 1 aliphatic rings. The number of hydrogen-bond acceptors (Lipinski definition) is 4. The third-order valence-electron chi connectivity index (χ3n) is 2.73. The molecule has 1 aromatic rings. The van der Waals surface area contributed by atoms with Gasteiger partial charge in [-0.15, -0.1) is 0 Å². The SMILES string of the molecule is CNc1ncnc(N2CCC(C)C2)c1Br. The second-order valence-electron chi connectivity index (χ2n) is 3.95. The first-order valence-electron chi connectivity index (χ1n) is 5.15. The van der Waals surface area contributed by atoms with Gasteiger partial charge in [-0.25, -0.2) is 9.97 Å². The standard InChI is InChI=1S/C10H15BrN4/c1-7-3-4-15(5-7)10-8(11)9(12-2)13-6-14-10/h6-7H,3-5H2,1-2H3,(H,12,13,14). The fourth-order valence-corrected chi connectivity index (χ4v) is 2.54. The van der Waals surface area contributed by atoms with E-state index < -0.39 is 0 Å². The lowest BCUT2D eigenvalue weighted by Gasteiger charge is -2.19. The highest BCUT2D eigenvalue weighted by Crippen LogP contribution is 2.32. The van der Waals surface area contributed by atoms with Gasteiger partial charge in [0.15, 0.2) is 0 Å². The fourth-order valence-electron chi connectivity index (χ4n) is 1.88. The first kappa shape index (κ1) is 10.7. The summed E-state index contributed by atoms with van der Waals surface area (Å²) in [5.41, 5.74) is 0. The van der Waals surface area contributed by atoms with Crippen LogP contribution in [0.3, 0.4) is 0 Å². The van der Waals surface area contributed by atoms with Crippen molar-refractivity contribution >= 4 is 27.6 Å². The zero-order chi connectivity index (χ0) is 10.8. The van der Waals surface area contributed by atoms with Crippen molar-refractivity contribution in [3.8, 4) is 0 Å². The minimum atomic E-state index is 0.755. The van der Waals surface area contributed by atoms with E-state index in [0.717, 1.165) is 35.1 Å². The van der Waals surface area contributed by atoms with Gasteiger partial charge in [-0.05, 0) is 28.3 Å². The Bertz CT molecular complexity index is 355. The summed E-state index contributed by atoms with van der Waals surface area (Å²) >= 11 is 3.54. The van der Waals surface area contributed by atoms with Gasteiger partial charge in [0.1, 0.15) is 22.4 Å². The molecular weight excluding hydrogens is 256 g/mol. The minimum absolute atomic E-state index is 0.755. The van der Waals surface area contributed by atoms with Crippen LogP contribution in [0, 0.1) is 5.92 Å². The van der Waals surface area contributed by atoms with Crippen LogP contribution >= 0.6 is 15.9 Å². The van der Waals surface area contributed by atoms with Crippen LogP contribution in [-0.2, 0) is 0 Å². The van der Waals surface area contributed by atoms with Crippen LogP contribution < -0.4 is 10.2 Å². The summed E-state index contributed by atoms with van der Waals surface area (Å²) in [4.78, 5) is 10.8. The van der Waals surface area contributed by atoms with Crippen molar-refractivity contribution in [2.24, 2.45) is 5.92 Å². The van der Waals surface area contributed by atoms with E-state index in [1.165, 1.54) is 6.42 Å². The molecule has 0 amide bonds. The Balaban J connectivity index is 2.28. The van der Waals surface area contributed by atoms with E-state index in [2.05, 4.69) is 43.0 Å². The average molecular weight is 271 g/mol. The highest BCUT2D eigenvalue weighted by Gasteiger charge is 2.22. The number of nitrogens with zero attached hydrogens (tertiary/aromatic N) is 3. The van der Waals surface area contributed by atoms with Gasteiger partial charge in [-0.2, -0.15) is 0 Å². The van der Waals surface area contributed by atoms with Gasteiger partial charge in [0.25, 0.3) is 0 Å². The van der Waals surface area contributed by atoms with Crippen LogP contribution in [0.4, 0.5) is 11.6 Å². The zero-order valence-corrected chi connectivity index (χ0v) is 10.6. The topological polar surface area (TPSA) is 41.1 Å². The van der Waals surface area contributed by atoms with Crippen LogP contribution in [0.5, 0.6) is 0 Å². The summed E-state index contributed by atoms with van der Waals surface area (Å²) in [5, 5.41) is 3.05. The second kappa shape index (κ2) is 4.35. The van der Waals surface area contributed by atoms with E-state index in [9.17, 15) is 0 Å². The number of aromatic nitrogens is 2. The fraction of sp³-hybridized carbons (Fsp3) is 0.600. The summed E-state index contributed by atoms with van der Waals surface area (Å²) < 4.78 is 0.960. The van der Waals surface area contributed by atoms with Crippen molar-refractivity contribution in [3.63, 3.8) is 0 Å². The molecule has 0 spiro atoms. The summed E-state index contributed by atoms with van der Waals surface area (Å²) in [6.07, 6.45) is 2.85. The van der Waals surface area contributed by atoms with E-state index >= 15 is 0 Å². The molecule has 1 saturated heterocycles. The van der Waals surface area contributed by atoms with Crippen LogP contribution in [0.1, 0.15) is 13.3 Å². The molecule has 1 N–H and O–H groups in total. The van der Waals surface area contributed by atoms with Gasteiger partial charge in [0, 0.05) is 20.1 Å². The maximum atomic E-state index is 4.33. The molecule has 0 saturated carbocycles. The number of nitrogens with one attached hydrogen (secondary N) is 1.